The summed E-state index contributed by atoms with van der Waals surface area (Å²) in [6.45, 7) is 4.21. The molecule has 0 bridgehead atoms. The highest BCUT2D eigenvalue weighted by Gasteiger charge is 2.16. The molecule has 0 aliphatic rings. The van der Waals surface area contributed by atoms with E-state index in [1.165, 1.54) is 19.3 Å². The van der Waals surface area contributed by atoms with Crippen molar-refractivity contribution < 1.29 is 9.90 Å². The Kier molecular flexibility index (Phi) is 7.83. The number of aromatic hydroxyl groups is 1. The van der Waals surface area contributed by atoms with Gasteiger partial charge in [-0.1, -0.05) is 44.7 Å². The quantitative estimate of drug-likeness (QED) is 0.613. The number of amides is 1. The minimum atomic E-state index is -0.548. The number of unbranched alkanes of at least 4 members (excludes halogenated alkanes) is 3. The number of phenols is 1. The number of rotatable bonds is 9. The standard InChI is InChI=1S/C17H28N2O2/c1-3-4-5-6-7-13(2)19-17(21)16(18)12-14-8-10-15(20)11-9-14/h8-11,13,16,20H,3-7,12,18H2,1-2H3,(H,19,21). The van der Waals surface area contributed by atoms with E-state index in [0.29, 0.717) is 6.42 Å². The van der Waals surface area contributed by atoms with Crippen LogP contribution in [0.5, 0.6) is 5.75 Å². The van der Waals surface area contributed by atoms with Gasteiger partial charge in [0.25, 0.3) is 0 Å². The van der Waals surface area contributed by atoms with Gasteiger partial charge >= 0.3 is 0 Å². The van der Waals surface area contributed by atoms with Gasteiger partial charge in [-0.15, -0.1) is 0 Å². The van der Waals surface area contributed by atoms with Crippen LogP contribution in [0.3, 0.4) is 0 Å². The van der Waals surface area contributed by atoms with Gasteiger partial charge in [-0.25, -0.2) is 0 Å². The molecule has 0 aliphatic heterocycles. The molecule has 0 aromatic heterocycles. The molecule has 0 radical (unpaired) electrons. The molecule has 4 heteroatoms. The average molecular weight is 292 g/mol. The van der Waals surface area contributed by atoms with Crippen molar-refractivity contribution in [1.82, 2.24) is 5.32 Å². The Morgan fingerprint density at radius 1 is 1.24 bits per heavy atom. The molecule has 1 amide bonds. The molecule has 118 valence electrons. The second-order valence-electron chi connectivity index (χ2n) is 5.74. The smallest absolute Gasteiger partial charge is 0.237 e. The van der Waals surface area contributed by atoms with E-state index < -0.39 is 6.04 Å². The van der Waals surface area contributed by atoms with Crippen LogP contribution < -0.4 is 11.1 Å². The normalized spacial score (nSPS) is 13.7. The lowest BCUT2D eigenvalue weighted by molar-refractivity contribution is -0.123. The largest absolute Gasteiger partial charge is 0.508 e. The van der Waals surface area contributed by atoms with E-state index in [0.717, 1.165) is 18.4 Å². The lowest BCUT2D eigenvalue weighted by atomic mass is 10.0. The average Bonchev–Trinajstić information content (AvgIpc) is 2.46. The van der Waals surface area contributed by atoms with Crippen LogP contribution in [0, 0.1) is 0 Å². The third kappa shape index (κ3) is 7.14. The van der Waals surface area contributed by atoms with E-state index >= 15 is 0 Å². The second-order valence-corrected chi connectivity index (χ2v) is 5.74. The molecule has 0 aliphatic carbocycles. The maximum atomic E-state index is 12.0. The number of hydrogen-bond donors (Lipinski definition) is 3. The maximum Gasteiger partial charge on any atom is 0.237 e. The van der Waals surface area contributed by atoms with E-state index in [1.807, 2.05) is 6.92 Å². The number of carbonyl (C=O) groups is 1. The molecule has 1 aromatic rings. The van der Waals surface area contributed by atoms with Gasteiger partial charge in [0.1, 0.15) is 5.75 Å². The van der Waals surface area contributed by atoms with Crippen LogP contribution in [0.2, 0.25) is 0 Å². The zero-order valence-corrected chi connectivity index (χ0v) is 13.1. The predicted octanol–water partition coefficient (Wildman–Crippen LogP) is 2.74. The SMILES string of the molecule is CCCCCCC(C)NC(=O)C(N)Cc1ccc(O)cc1. The van der Waals surface area contributed by atoms with Crippen LogP contribution in [0.15, 0.2) is 24.3 Å². The van der Waals surface area contributed by atoms with Gasteiger partial charge in [-0.05, 0) is 37.5 Å². The summed E-state index contributed by atoms with van der Waals surface area (Å²) in [4.78, 5) is 12.0. The van der Waals surface area contributed by atoms with E-state index in [4.69, 9.17) is 5.73 Å². The minimum Gasteiger partial charge on any atom is -0.508 e. The summed E-state index contributed by atoms with van der Waals surface area (Å²) in [5.74, 6) is 0.114. The fourth-order valence-corrected chi connectivity index (χ4v) is 2.28. The Morgan fingerprint density at radius 2 is 1.90 bits per heavy atom. The molecule has 0 heterocycles. The summed E-state index contributed by atoms with van der Waals surface area (Å²) in [5, 5.41) is 12.2. The number of carbonyl (C=O) groups excluding carboxylic acids is 1. The van der Waals surface area contributed by atoms with E-state index in [1.54, 1.807) is 24.3 Å². The van der Waals surface area contributed by atoms with Crippen LogP contribution in [0.4, 0.5) is 0 Å². The second kappa shape index (κ2) is 9.40. The molecule has 0 saturated carbocycles. The van der Waals surface area contributed by atoms with E-state index in [-0.39, 0.29) is 17.7 Å². The molecule has 21 heavy (non-hydrogen) atoms. The first kappa shape index (κ1) is 17.5. The molecule has 0 fully saturated rings. The Bertz CT molecular complexity index is 417. The van der Waals surface area contributed by atoms with Gasteiger partial charge in [0, 0.05) is 6.04 Å². The zero-order valence-electron chi connectivity index (χ0n) is 13.1. The predicted molar refractivity (Wildman–Crippen MR) is 86.1 cm³/mol. The third-order valence-corrected chi connectivity index (χ3v) is 3.61. The van der Waals surface area contributed by atoms with Crippen molar-refractivity contribution in [1.29, 1.82) is 0 Å². The summed E-state index contributed by atoms with van der Waals surface area (Å²) >= 11 is 0. The molecule has 0 spiro atoms. The van der Waals surface area contributed by atoms with Crippen LogP contribution >= 0.6 is 0 Å². The summed E-state index contributed by atoms with van der Waals surface area (Å²) in [5.41, 5.74) is 6.89. The lowest BCUT2D eigenvalue weighted by Gasteiger charge is -2.17. The Balaban J connectivity index is 2.31. The molecule has 4 nitrogen and oxygen atoms in total. The number of hydrogen-bond acceptors (Lipinski definition) is 3. The topological polar surface area (TPSA) is 75.4 Å². The molecule has 4 N–H and O–H groups in total. The third-order valence-electron chi connectivity index (χ3n) is 3.61. The number of nitrogens with two attached hydrogens (primary N) is 1. The van der Waals surface area contributed by atoms with E-state index in [2.05, 4.69) is 12.2 Å². The van der Waals surface area contributed by atoms with Crippen molar-refractivity contribution in [2.45, 2.75) is 64.5 Å². The zero-order chi connectivity index (χ0) is 15.7. The maximum absolute atomic E-state index is 12.0. The highest BCUT2D eigenvalue weighted by Crippen LogP contribution is 2.11. The van der Waals surface area contributed by atoms with Crippen molar-refractivity contribution in [2.75, 3.05) is 0 Å². The van der Waals surface area contributed by atoms with Crippen LogP contribution in [0.1, 0.15) is 51.5 Å². The fraction of sp³-hybridized carbons (Fsp3) is 0.588. The molecule has 2 atom stereocenters. The van der Waals surface area contributed by atoms with E-state index in [9.17, 15) is 9.90 Å². The van der Waals surface area contributed by atoms with Crippen molar-refractivity contribution >= 4 is 5.91 Å². The first-order chi connectivity index (χ1) is 10.0. The molecule has 0 saturated heterocycles. The van der Waals surface area contributed by atoms with Gasteiger partial charge in [0.2, 0.25) is 5.91 Å². The molecular formula is C17H28N2O2. The highest BCUT2D eigenvalue weighted by atomic mass is 16.3. The minimum absolute atomic E-state index is 0.105. The molecule has 1 rings (SSSR count). The van der Waals surface area contributed by atoms with Gasteiger partial charge in [0.15, 0.2) is 0 Å². The summed E-state index contributed by atoms with van der Waals surface area (Å²) in [7, 11) is 0. The summed E-state index contributed by atoms with van der Waals surface area (Å²) in [6, 6.07) is 6.41. The monoisotopic (exact) mass is 292 g/mol. The van der Waals surface area contributed by atoms with Crippen LogP contribution in [-0.4, -0.2) is 23.1 Å². The van der Waals surface area contributed by atoms with Gasteiger partial charge in [-0.2, -0.15) is 0 Å². The van der Waals surface area contributed by atoms with Crippen molar-refractivity contribution in [3.63, 3.8) is 0 Å². The van der Waals surface area contributed by atoms with Crippen molar-refractivity contribution in [3.05, 3.63) is 29.8 Å². The van der Waals surface area contributed by atoms with Gasteiger partial charge in [0.05, 0.1) is 6.04 Å². The van der Waals surface area contributed by atoms with Crippen LogP contribution in [-0.2, 0) is 11.2 Å². The van der Waals surface area contributed by atoms with Gasteiger partial charge in [-0.3, -0.25) is 4.79 Å². The first-order valence-electron chi connectivity index (χ1n) is 7.86. The molecule has 1 aromatic carbocycles. The molecule has 2 unspecified atom stereocenters. The van der Waals surface area contributed by atoms with Crippen LogP contribution in [0.25, 0.3) is 0 Å². The van der Waals surface area contributed by atoms with Gasteiger partial charge < -0.3 is 16.2 Å². The number of benzene rings is 1. The Hall–Kier alpha value is -1.55. The number of phenolic OH excluding ortho intramolecular Hbond substituents is 1. The summed E-state index contributed by atoms with van der Waals surface area (Å²) < 4.78 is 0. The fourth-order valence-electron chi connectivity index (χ4n) is 2.28. The van der Waals surface area contributed by atoms with Crippen molar-refractivity contribution in [3.8, 4) is 5.75 Å². The Morgan fingerprint density at radius 3 is 2.52 bits per heavy atom. The first-order valence-corrected chi connectivity index (χ1v) is 7.86. The summed E-state index contributed by atoms with van der Waals surface area (Å²) in [6.07, 6.45) is 6.31. The van der Waals surface area contributed by atoms with Crippen molar-refractivity contribution in [2.24, 2.45) is 5.73 Å². The molecular weight excluding hydrogens is 264 g/mol. The number of nitrogens with one attached hydrogen (secondary N) is 1. The highest BCUT2D eigenvalue weighted by molar-refractivity contribution is 5.82. The Labute approximate surface area is 127 Å². The lowest BCUT2D eigenvalue weighted by Crippen LogP contribution is -2.45.